The molecule has 2 nitrogen and oxygen atoms in total. The maximum atomic E-state index is 4.25. The first-order chi connectivity index (χ1) is 1.00. The van der Waals surface area contributed by atoms with E-state index in [1.54, 1.807) is 0 Å². The van der Waals surface area contributed by atoms with Crippen molar-refractivity contribution in [2.24, 2.45) is 5.84 Å². The maximum Gasteiger partial charge on any atom is 3.00 e. The van der Waals surface area contributed by atoms with Gasteiger partial charge in [-0.15, -0.1) is 0 Å². The van der Waals surface area contributed by atoms with Crippen LogP contribution in [0.5, 0.6) is 0 Å². The van der Waals surface area contributed by atoms with Crippen molar-refractivity contribution >= 4 is 17.4 Å². The third kappa shape index (κ3) is 31.1. The van der Waals surface area contributed by atoms with Gasteiger partial charge in [-0.05, 0) is 0 Å². The third-order valence-corrected chi connectivity index (χ3v) is 0. The zero-order chi connectivity index (χ0) is 2.00. The summed E-state index contributed by atoms with van der Waals surface area (Å²) in [5.41, 5.74) is 0. The van der Waals surface area contributed by atoms with E-state index < -0.39 is 0 Å². The standard InChI is InChI=1S/Al.FH.H4N2/c;;1-2/h;1H;1-2H2/q+3;;. The van der Waals surface area contributed by atoms with Crippen molar-refractivity contribution in [2.45, 2.75) is 0 Å². The van der Waals surface area contributed by atoms with Crippen molar-refractivity contribution in [1.29, 1.82) is 0 Å². The summed E-state index contributed by atoms with van der Waals surface area (Å²) in [6, 6.07) is 0. The molecule has 0 atom stereocenters. The van der Waals surface area contributed by atoms with Crippen LogP contribution in [0.25, 0.3) is 0 Å². The summed E-state index contributed by atoms with van der Waals surface area (Å²) in [4.78, 5) is 0. The topological polar surface area (TPSA) is 53.7 Å². The molecular weight excluding hydrogens is 74.0 g/mol. The van der Waals surface area contributed by atoms with E-state index in [0.717, 1.165) is 0 Å². The van der Waals surface area contributed by atoms with Gasteiger partial charge in [0.05, 0.1) is 0 Å². The number of rotatable bonds is 0. The van der Waals surface area contributed by atoms with E-state index in [-0.39, 0.29) is 22.1 Å². The number of hydrogen-bond acceptors (Lipinski definition) is 1. The predicted octanol–water partition coefficient (Wildman–Crippen LogP) is -5.27. The molecule has 0 spiro atoms. The van der Waals surface area contributed by atoms with Crippen LogP contribution >= 0.6 is 0 Å². The average Bonchev–Trinajstić information content (AvgIpc) is 1.00. The summed E-state index contributed by atoms with van der Waals surface area (Å²) in [7, 11) is 0. The molecule has 0 aromatic heterocycles. The van der Waals surface area contributed by atoms with Gasteiger partial charge in [0.1, 0.15) is 0 Å². The molecule has 4 heavy (non-hydrogen) atoms. The third-order valence-electron chi connectivity index (χ3n) is 0. The fourth-order valence-electron chi connectivity index (χ4n) is 0. The van der Waals surface area contributed by atoms with E-state index in [0.29, 0.717) is 0 Å². The molecule has 0 bridgehead atoms. The molecule has 0 saturated heterocycles. The molecule has 0 fully saturated rings. The van der Waals surface area contributed by atoms with Crippen LogP contribution in [0.1, 0.15) is 0 Å². The Kier molecular flexibility index (Phi) is 861. The second-order valence-corrected chi connectivity index (χ2v) is 0. The molecule has 0 saturated carbocycles. The van der Waals surface area contributed by atoms with E-state index in [2.05, 4.69) is 11.7 Å². The number of quaternary nitrogens is 1. The summed E-state index contributed by atoms with van der Waals surface area (Å²) in [5, 5.41) is 0. The summed E-state index contributed by atoms with van der Waals surface area (Å²) in [6.45, 7) is 0. The molecule has 0 heterocycles. The smallest absolute Gasteiger partial charge is 1.00 e. The molecule has 4 heteroatoms. The quantitative estimate of drug-likeness (QED) is 0.170. The van der Waals surface area contributed by atoms with Gasteiger partial charge in [-0.2, -0.15) is 5.84 Å². The molecule has 5 N–H and O–H groups in total. The molecule has 0 aliphatic heterocycles. The predicted molar refractivity (Wildman–Crippen MR) is 12.8 cm³/mol. The minimum atomic E-state index is 0. The van der Waals surface area contributed by atoms with Crippen molar-refractivity contribution in [3.8, 4) is 0 Å². The van der Waals surface area contributed by atoms with E-state index >= 15 is 0 Å². The molecular formula is H5AlFN2+3. The van der Waals surface area contributed by atoms with Crippen LogP contribution in [0.3, 0.4) is 0 Å². The van der Waals surface area contributed by atoms with Crippen LogP contribution in [-0.2, 0) is 0 Å². The van der Waals surface area contributed by atoms with Gasteiger partial charge in [0.2, 0.25) is 0 Å². The van der Waals surface area contributed by atoms with E-state index in [4.69, 9.17) is 0 Å². The van der Waals surface area contributed by atoms with Crippen molar-refractivity contribution in [3.05, 3.63) is 0 Å². The Bertz CT molecular complexity index is 6.00. The Hall–Kier alpha value is 0.382. The van der Waals surface area contributed by atoms with E-state index in [1.807, 2.05) is 0 Å². The van der Waals surface area contributed by atoms with Gasteiger partial charge < -0.3 is 4.70 Å². The molecule has 0 aromatic rings. The number of halogens is 1. The van der Waals surface area contributed by atoms with Gasteiger partial charge in [0.25, 0.3) is 0 Å². The Morgan fingerprint density at radius 2 is 1.25 bits per heavy atom. The molecule has 0 aliphatic rings. The van der Waals surface area contributed by atoms with Crippen LogP contribution in [0.2, 0.25) is 0 Å². The molecule has 0 rings (SSSR count). The minimum Gasteiger partial charge on any atom is -1.00 e. The van der Waals surface area contributed by atoms with Gasteiger partial charge in [0, 0.05) is 0 Å². The van der Waals surface area contributed by atoms with Gasteiger partial charge in [-0.25, -0.2) is 0 Å². The molecule has 0 aromatic carbocycles. The zero-order valence-electron chi connectivity index (χ0n) is 2.24. The van der Waals surface area contributed by atoms with Crippen LogP contribution in [-0.4, -0.2) is 17.4 Å². The summed E-state index contributed by atoms with van der Waals surface area (Å²) in [6.07, 6.45) is 0. The fourth-order valence-corrected chi connectivity index (χ4v) is 0. The average molecular weight is 79.0 g/mol. The van der Waals surface area contributed by atoms with Crippen molar-refractivity contribution in [2.75, 3.05) is 0 Å². The Morgan fingerprint density at radius 1 is 1.25 bits per heavy atom. The molecule has 22 valence electrons. The molecule has 0 radical (unpaired) electrons. The SMILES string of the molecule is N[NH3+].[Al+3].[F-]. The van der Waals surface area contributed by atoms with Crippen LogP contribution in [0.15, 0.2) is 0 Å². The normalized spacial score (nSPS) is 1.50. The summed E-state index contributed by atoms with van der Waals surface area (Å²) >= 11 is 0. The van der Waals surface area contributed by atoms with Crippen molar-refractivity contribution < 1.29 is 10.5 Å². The van der Waals surface area contributed by atoms with Crippen molar-refractivity contribution in [3.63, 3.8) is 0 Å². The first-order valence-corrected chi connectivity index (χ1v) is 0.408. The van der Waals surface area contributed by atoms with E-state index in [9.17, 15) is 0 Å². The van der Waals surface area contributed by atoms with Crippen molar-refractivity contribution in [1.82, 2.24) is 0 Å². The zero-order valence-corrected chi connectivity index (χ0v) is 3.39. The Balaban J connectivity index is -0.00000000500. The fraction of sp³-hybridized carbons (Fsp3) is 0. The van der Waals surface area contributed by atoms with Gasteiger partial charge >= 0.3 is 17.4 Å². The monoisotopic (exact) mass is 79.0 g/mol. The van der Waals surface area contributed by atoms with Gasteiger partial charge in [0.15, 0.2) is 0 Å². The van der Waals surface area contributed by atoms with Crippen LogP contribution in [0, 0.1) is 0 Å². The van der Waals surface area contributed by atoms with E-state index in [1.165, 1.54) is 0 Å². The number of nitrogens with two attached hydrogens (primary N) is 1. The molecule has 0 unspecified atom stereocenters. The summed E-state index contributed by atoms with van der Waals surface area (Å²) < 4.78 is 0. The van der Waals surface area contributed by atoms with Crippen LogP contribution in [0.4, 0.5) is 0 Å². The minimum absolute atomic E-state index is 0. The Morgan fingerprint density at radius 3 is 1.25 bits per heavy atom. The first kappa shape index (κ1) is 26.2. The number of hydrogen-bond donors (Lipinski definition) is 2. The van der Waals surface area contributed by atoms with Gasteiger partial charge in [-0.1, -0.05) is 0 Å². The van der Waals surface area contributed by atoms with Gasteiger partial charge in [-0.3, -0.25) is 5.84 Å². The van der Waals surface area contributed by atoms with Crippen LogP contribution < -0.4 is 16.4 Å². The summed E-state index contributed by atoms with van der Waals surface area (Å²) in [5.74, 6) is 7.00. The molecule has 0 aliphatic carbocycles. The first-order valence-electron chi connectivity index (χ1n) is 0.408. The molecule has 0 amide bonds. The Labute approximate surface area is 34.6 Å². The largest absolute Gasteiger partial charge is 3.00 e. The second-order valence-electron chi connectivity index (χ2n) is 0. The maximum absolute atomic E-state index is 4.25. The second kappa shape index (κ2) is 131.